The molecule has 1 fully saturated rings. The number of piperidine rings is 1. The van der Waals surface area contributed by atoms with Gasteiger partial charge in [0.25, 0.3) is 0 Å². The molecule has 0 aliphatic carbocycles. The van der Waals surface area contributed by atoms with E-state index in [1.54, 1.807) is 6.07 Å². The van der Waals surface area contributed by atoms with Gasteiger partial charge in [0.2, 0.25) is 0 Å². The van der Waals surface area contributed by atoms with Gasteiger partial charge < -0.3 is 14.7 Å². The van der Waals surface area contributed by atoms with E-state index < -0.39 is 0 Å². The summed E-state index contributed by atoms with van der Waals surface area (Å²) in [7, 11) is 0. The van der Waals surface area contributed by atoms with Crippen molar-refractivity contribution in [1.82, 2.24) is 4.90 Å². The van der Waals surface area contributed by atoms with Crippen molar-refractivity contribution >= 4 is 0 Å². The molecular weight excluding hydrogens is 264 g/mol. The number of aliphatic hydroxyl groups is 1. The Bertz CT molecular complexity index is 468. The zero-order valence-corrected chi connectivity index (χ0v) is 12.5. The van der Waals surface area contributed by atoms with Gasteiger partial charge in [-0.2, -0.15) is 5.26 Å². The zero-order valence-electron chi connectivity index (χ0n) is 12.5. The molecule has 0 radical (unpaired) electrons. The Morgan fingerprint density at radius 2 is 2.24 bits per heavy atom. The molecule has 1 N–H and O–H groups in total. The van der Waals surface area contributed by atoms with E-state index in [1.165, 1.54) is 12.8 Å². The molecule has 114 valence electrons. The van der Waals surface area contributed by atoms with Crippen LogP contribution in [0.3, 0.4) is 0 Å². The summed E-state index contributed by atoms with van der Waals surface area (Å²) in [4.78, 5) is 2.46. The molecule has 21 heavy (non-hydrogen) atoms. The van der Waals surface area contributed by atoms with Crippen molar-refractivity contribution in [3.05, 3.63) is 29.8 Å². The molecule has 0 amide bonds. The Hall–Kier alpha value is -1.57. The van der Waals surface area contributed by atoms with Crippen molar-refractivity contribution in [1.29, 1.82) is 5.26 Å². The van der Waals surface area contributed by atoms with Crippen molar-refractivity contribution in [3.8, 4) is 11.8 Å². The Morgan fingerprint density at radius 1 is 1.38 bits per heavy atom. The third-order valence-electron chi connectivity index (χ3n) is 4.02. The summed E-state index contributed by atoms with van der Waals surface area (Å²) in [5.41, 5.74) is 0.596. The Labute approximate surface area is 127 Å². The molecule has 1 aliphatic heterocycles. The van der Waals surface area contributed by atoms with E-state index in [9.17, 15) is 0 Å². The molecular formula is C17H24N2O2. The van der Waals surface area contributed by atoms with Gasteiger partial charge in [0.15, 0.2) is 0 Å². The van der Waals surface area contributed by atoms with E-state index in [2.05, 4.69) is 11.0 Å². The van der Waals surface area contributed by atoms with Gasteiger partial charge in [0.1, 0.15) is 11.8 Å². The molecule has 4 nitrogen and oxygen atoms in total. The van der Waals surface area contributed by atoms with Gasteiger partial charge in [-0.15, -0.1) is 0 Å². The molecule has 1 aromatic rings. The van der Waals surface area contributed by atoms with Gasteiger partial charge in [-0.25, -0.2) is 0 Å². The quantitative estimate of drug-likeness (QED) is 0.783. The van der Waals surface area contributed by atoms with E-state index >= 15 is 0 Å². The summed E-state index contributed by atoms with van der Waals surface area (Å²) in [5, 5.41) is 18.0. The normalized spacial score (nSPS) is 19.1. The molecule has 1 aliphatic rings. The second-order valence-electron chi connectivity index (χ2n) is 5.63. The Morgan fingerprint density at radius 3 is 3.05 bits per heavy atom. The first-order valence-electron chi connectivity index (χ1n) is 7.78. The lowest BCUT2D eigenvalue weighted by molar-refractivity contribution is 0.140. The smallest absolute Gasteiger partial charge is 0.137 e. The summed E-state index contributed by atoms with van der Waals surface area (Å²) < 4.78 is 5.70. The van der Waals surface area contributed by atoms with E-state index in [0.29, 0.717) is 30.4 Å². The highest BCUT2D eigenvalue weighted by atomic mass is 16.5. The molecule has 4 heteroatoms. The maximum Gasteiger partial charge on any atom is 0.137 e. The van der Waals surface area contributed by atoms with Crippen LogP contribution in [0, 0.1) is 17.2 Å². The van der Waals surface area contributed by atoms with Crippen LogP contribution in [-0.2, 0) is 0 Å². The van der Waals surface area contributed by atoms with Crippen LogP contribution in [0.5, 0.6) is 5.75 Å². The van der Waals surface area contributed by atoms with Crippen LogP contribution in [0.15, 0.2) is 24.3 Å². The van der Waals surface area contributed by atoms with Crippen molar-refractivity contribution in [2.24, 2.45) is 5.92 Å². The summed E-state index contributed by atoms with van der Waals surface area (Å²) in [6.07, 6.45) is 4.35. The molecule has 1 saturated heterocycles. The lowest BCUT2D eigenvalue weighted by Gasteiger charge is -2.32. The highest BCUT2D eigenvalue weighted by Gasteiger charge is 2.18. The first-order chi connectivity index (χ1) is 10.3. The van der Waals surface area contributed by atoms with Crippen molar-refractivity contribution < 1.29 is 9.84 Å². The Kier molecular flexibility index (Phi) is 6.52. The van der Waals surface area contributed by atoms with Crippen LogP contribution in [0.4, 0.5) is 0 Å². The molecule has 0 bridgehead atoms. The number of rotatable bonds is 7. The number of nitrogens with zero attached hydrogens (tertiary/aromatic N) is 2. The number of ether oxygens (including phenoxy) is 1. The molecule has 1 unspecified atom stereocenters. The molecule has 1 heterocycles. The standard InChI is InChI=1S/C17H24N2O2/c18-13-16-6-1-2-7-17(16)21-12-4-10-19-9-3-5-15(14-19)8-11-20/h1-2,6-7,15,20H,3-5,8-12,14H2. The molecule has 1 aromatic carbocycles. The van der Waals surface area contributed by atoms with Crippen LogP contribution < -0.4 is 4.74 Å². The van der Waals surface area contributed by atoms with Gasteiger partial charge in [-0.05, 0) is 50.3 Å². The number of nitriles is 1. The number of aliphatic hydroxyl groups excluding tert-OH is 1. The molecule has 0 spiro atoms. The second-order valence-corrected chi connectivity index (χ2v) is 5.63. The van der Waals surface area contributed by atoms with Gasteiger partial charge in [0, 0.05) is 19.7 Å². The van der Waals surface area contributed by atoms with Crippen molar-refractivity contribution in [3.63, 3.8) is 0 Å². The van der Waals surface area contributed by atoms with Crippen LogP contribution in [0.2, 0.25) is 0 Å². The molecule has 1 atom stereocenters. The monoisotopic (exact) mass is 288 g/mol. The topological polar surface area (TPSA) is 56.5 Å². The van der Waals surface area contributed by atoms with E-state index in [-0.39, 0.29) is 0 Å². The predicted octanol–water partition coefficient (Wildman–Crippen LogP) is 2.42. The lowest BCUT2D eigenvalue weighted by Crippen LogP contribution is -2.36. The minimum atomic E-state index is 0.298. The van der Waals surface area contributed by atoms with Gasteiger partial charge in [0.05, 0.1) is 12.2 Å². The fourth-order valence-corrected chi connectivity index (χ4v) is 2.93. The summed E-state index contributed by atoms with van der Waals surface area (Å²) in [6.45, 7) is 4.20. The average molecular weight is 288 g/mol. The Balaban J connectivity index is 1.69. The highest BCUT2D eigenvalue weighted by molar-refractivity contribution is 5.42. The van der Waals surface area contributed by atoms with E-state index in [4.69, 9.17) is 15.1 Å². The van der Waals surface area contributed by atoms with Crippen LogP contribution in [0.25, 0.3) is 0 Å². The molecule has 0 aromatic heterocycles. The second kappa shape index (κ2) is 8.66. The molecule has 0 saturated carbocycles. The first-order valence-corrected chi connectivity index (χ1v) is 7.78. The number of hydrogen-bond donors (Lipinski definition) is 1. The van der Waals surface area contributed by atoms with Crippen molar-refractivity contribution in [2.75, 3.05) is 32.8 Å². The largest absolute Gasteiger partial charge is 0.492 e. The predicted molar refractivity (Wildman–Crippen MR) is 82.1 cm³/mol. The maximum absolute atomic E-state index is 9.03. The summed E-state index contributed by atoms with van der Waals surface area (Å²) in [5.74, 6) is 1.32. The third-order valence-corrected chi connectivity index (χ3v) is 4.02. The minimum absolute atomic E-state index is 0.298. The van der Waals surface area contributed by atoms with Crippen LogP contribution in [-0.4, -0.2) is 42.9 Å². The number of benzene rings is 1. The minimum Gasteiger partial charge on any atom is -0.492 e. The van der Waals surface area contributed by atoms with Crippen LogP contribution in [0.1, 0.15) is 31.2 Å². The number of likely N-dealkylation sites (tertiary alicyclic amines) is 1. The first kappa shape index (κ1) is 15.8. The van der Waals surface area contributed by atoms with E-state index in [1.807, 2.05) is 18.2 Å². The zero-order chi connectivity index (χ0) is 14.9. The van der Waals surface area contributed by atoms with Gasteiger partial charge in [-0.3, -0.25) is 0 Å². The highest BCUT2D eigenvalue weighted by Crippen LogP contribution is 2.20. The third kappa shape index (κ3) is 5.04. The maximum atomic E-state index is 9.03. The van der Waals surface area contributed by atoms with Gasteiger partial charge >= 0.3 is 0 Å². The number of para-hydroxylation sites is 1. The fourth-order valence-electron chi connectivity index (χ4n) is 2.93. The van der Waals surface area contributed by atoms with Gasteiger partial charge in [-0.1, -0.05) is 12.1 Å². The van der Waals surface area contributed by atoms with Crippen LogP contribution >= 0.6 is 0 Å². The van der Waals surface area contributed by atoms with E-state index in [0.717, 1.165) is 32.5 Å². The number of hydrogen-bond acceptors (Lipinski definition) is 4. The lowest BCUT2D eigenvalue weighted by atomic mass is 9.95. The average Bonchev–Trinajstić information content (AvgIpc) is 2.53. The fraction of sp³-hybridized carbons (Fsp3) is 0.588. The summed E-state index contributed by atoms with van der Waals surface area (Å²) in [6, 6.07) is 9.50. The summed E-state index contributed by atoms with van der Waals surface area (Å²) >= 11 is 0. The molecule has 2 rings (SSSR count). The van der Waals surface area contributed by atoms with Crippen molar-refractivity contribution in [2.45, 2.75) is 25.7 Å². The SMILES string of the molecule is N#Cc1ccccc1OCCCN1CCCC(CCO)C1.